The van der Waals surface area contributed by atoms with Crippen LogP contribution >= 0.6 is 11.6 Å². The number of pyridine rings is 1. The molecule has 2 aromatic rings. The monoisotopic (exact) mass is 612 g/mol. The number of amides is 4. The quantitative estimate of drug-likeness (QED) is 0.0756. The molecule has 1 aliphatic carbocycles. The Morgan fingerprint density at radius 2 is 1.56 bits per heavy atom. The fourth-order valence-electron chi connectivity index (χ4n) is 5.13. The molecule has 9 N–H and O–H groups in total. The van der Waals surface area contributed by atoms with Gasteiger partial charge in [-0.3, -0.25) is 24.2 Å². The Morgan fingerprint density at radius 1 is 0.884 bits per heavy atom. The molecule has 0 bridgehead atoms. The molecule has 1 aromatic carbocycles. The molecule has 0 unspecified atom stereocenters. The number of nitrogens with one attached hydrogen (secondary N) is 3. The fourth-order valence-corrected chi connectivity index (χ4v) is 5.24. The molecule has 1 saturated carbocycles. The highest BCUT2D eigenvalue weighted by atomic mass is 35.5. The Labute approximate surface area is 256 Å². The normalized spacial score (nSPS) is 15.4. The summed E-state index contributed by atoms with van der Waals surface area (Å²) in [6, 6.07) is 9.21. The van der Waals surface area contributed by atoms with Gasteiger partial charge in [0.05, 0.1) is 5.56 Å². The van der Waals surface area contributed by atoms with Crippen molar-refractivity contribution in [3.05, 3.63) is 64.9 Å². The molecule has 1 aliphatic rings. The van der Waals surface area contributed by atoms with E-state index < -0.39 is 41.8 Å². The number of aliphatic imine (C=N–C) groups is 1. The van der Waals surface area contributed by atoms with Crippen molar-refractivity contribution in [2.45, 2.75) is 75.9 Å². The summed E-state index contributed by atoms with van der Waals surface area (Å²) in [4.78, 5) is 60.4. The first-order chi connectivity index (χ1) is 20.6. The van der Waals surface area contributed by atoms with E-state index >= 15 is 0 Å². The van der Waals surface area contributed by atoms with Gasteiger partial charge in [-0.05, 0) is 42.9 Å². The molecule has 0 radical (unpaired) electrons. The molecule has 12 nitrogen and oxygen atoms in total. The Morgan fingerprint density at radius 3 is 2.19 bits per heavy atom. The summed E-state index contributed by atoms with van der Waals surface area (Å²) >= 11 is 5.86. The van der Waals surface area contributed by atoms with E-state index in [0.717, 1.165) is 37.7 Å². The highest BCUT2D eigenvalue weighted by Crippen LogP contribution is 2.27. The van der Waals surface area contributed by atoms with Gasteiger partial charge in [0.2, 0.25) is 17.7 Å². The van der Waals surface area contributed by atoms with Crippen molar-refractivity contribution in [3.8, 4) is 0 Å². The second kappa shape index (κ2) is 17.1. The van der Waals surface area contributed by atoms with Crippen LogP contribution in [0, 0.1) is 5.92 Å². The van der Waals surface area contributed by atoms with Crippen LogP contribution in [0.1, 0.15) is 67.3 Å². The standard InChI is InChI=1S/C30H41ClN8O4/c31-25-14-13-21(18-36-25)27(41)39-24(17-20-10-5-2-6-11-20)29(43)37-22(12-7-15-35-30(33)34)28(42)38-23(26(32)40)16-19-8-3-1-4-9-19/h1,3-4,8-9,13-14,18,20,22-24H,2,5-7,10-12,15-17H2,(H2,32,40)(H,37,43)(H,38,42)(H,39,41)(H4,33,34,35)/t22-,23-,24-/m0/s1. The number of carbonyl (C=O) groups excluding carboxylic acids is 4. The molecule has 3 rings (SSSR count). The van der Waals surface area contributed by atoms with Gasteiger partial charge in [0, 0.05) is 19.2 Å². The van der Waals surface area contributed by atoms with Gasteiger partial charge < -0.3 is 33.2 Å². The van der Waals surface area contributed by atoms with Crippen LogP contribution in [-0.2, 0) is 20.8 Å². The van der Waals surface area contributed by atoms with Gasteiger partial charge in [0.25, 0.3) is 5.91 Å². The van der Waals surface area contributed by atoms with Crippen LogP contribution in [-0.4, -0.2) is 59.2 Å². The first-order valence-electron chi connectivity index (χ1n) is 14.5. The smallest absolute Gasteiger partial charge is 0.253 e. The Kier molecular flexibility index (Phi) is 13.2. The fraction of sp³-hybridized carbons (Fsp3) is 0.467. The number of primary amides is 1. The summed E-state index contributed by atoms with van der Waals surface area (Å²) in [6.45, 7) is 0.233. The summed E-state index contributed by atoms with van der Waals surface area (Å²) in [5.41, 5.74) is 17.5. The van der Waals surface area contributed by atoms with Gasteiger partial charge in [-0.15, -0.1) is 0 Å². The number of aromatic nitrogens is 1. The lowest BCUT2D eigenvalue weighted by Gasteiger charge is -2.28. The number of rotatable bonds is 15. The van der Waals surface area contributed by atoms with Gasteiger partial charge in [-0.2, -0.15) is 0 Å². The van der Waals surface area contributed by atoms with Crippen molar-refractivity contribution in [3.63, 3.8) is 0 Å². The van der Waals surface area contributed by atoms with Crippen LogP contribution in [0.15, 0.2) is 53.7 Å². The maximum Gasteiger partial charge on any atom is 0.253 e. The van der Waals surface area contributed by atoms with E-state index in [2.05, 4.69) is 25.9 Å². The van der Waals surface area contributed by atoms with Gasteiger partial charge in [-0.1, -0.05) is 74.0 Å². The summed E-state index contributed by atoms with van der Waals surface area (Å²) < 4.78 is 0. The first-order valence-corrected chi connectivity index (χ1v) is 14.9. The number of benzene rings is 1. The lowest BCUT2D eigenvalue weighted by Crippen LogP contribution is -2.57. The van der Waals surface area contributed by atoms with Crippen molar-refractivity contribution >= 4 is 41.2 Å². The molecule has 13 heteroatoms. The van der Waals surface area contributed by atoms with Gasteiger partial charge >= 0.3 is 0 Å². The van der Waals surface area contributed by atoms with Crippen molar-refractivity contribution in [2.75, 3.05) is 6.54 Å². The summed E-state index contributed by atoms with van der Waals surface area (Å²) in [6.07, 6.45) is 7.63. The van der Waals surface area contributed by atoms with Crippen molar-refractivity contribution in [1.82, 2.24) is 20.9 Å². The molecular weight excluding hydrogens is 572 g/mol. The zero-order chi connectivity index (χ0) is 31.2. The number of guanidine groups is 1. The SMILES string of the molecule is NC(=O)[C@H](Cc1ccccc1)NC(=O)[C@H](CCCN=C(N)N)NC(=O)[C@H](CC1CCCCC1)NC(=O)c1ccc(Cl)nc1. The average molecular weight is 613 g/mol. The Balaban J connectivity index is 1.77. The molecule has 4 amide bonds. The first kappa shape index (κ1) is 33.3. The maximum atomic E-state index is 13.7. The molecule has 0 aliphatic heterocycles. The molecule has 3 atom stereocenters. The maximum absolute atomic E-state index is 13.7. The van der Waals surface area contributed by atoms with E-state index in [0.29, 0.717) is 12.8 Å². The van der Waals surface area contributed by atoms with Crippen LogP contribution in [0.25, 0.3) is 0 Å². The molecule has 1 heterocycles. The largest absolute Gasteiger partial charge is 0.370 e. The van der Waals surface area contributed by atoms with Crippen molar-refractivity contribution in [1.29, 1.82) is 0 Å². The van der Waals surface area contributed by atoms with E-state index in [1.807, 2.05) is 30.3 Å². The lowest BCUT2D eigenvalue weighted by atomic mass is 9.84. The topological polar surface area (TPSA) is 208 Å². The Hall–Kier alpha value is -4.19. The van der Waals surface area contributed by atoms with Crippen LogP contribution < -0.4 is 33.2 Å². The number of hydrogen-bond acceptors (Lipinski definition) is 6. The number of hydrogen-bond donors (Lipinski definition) is 6. The molecule has 0 saturated heterocycles. The molecular formula is C30H41ClN8O4. The second-order valence-corrected chi connectivity index (χ2v) is 11.2. The zero-order valence-corrected chi connectivity index (χ0v) is 24.9. The van der Waals surface area contributed by atoms with Crippen LogP contribution in [0.4, 0.5) is 0 Å². The predicted octanol–water partition coefficient (Wildman–Crippen LogP) is 1.56. The number of nitrogens with two attached hydrogens (primary N) is 3. The van der Waals surface area contributed by atoms with Gasteiger partial charge in [0.15, 0.2) is 5.96 Å². The molecule has 1 fully saturated rings. The van der Waals surface area contributed by atoms with Crippen LogP contribution in [0.2, 0.25) is 5.15 Å². The number of carbonyl (C=O) groups is 4. The average Bonchev–Trinajstić information content (AvgIpc) is 2.99. The van der Waals surface area contributed by atoms with Crippen molar-refractivity contribution in [2.24, 2.45) is 28.1 Å². The minimum Gasteiger partial charge on any atom is -0.370 e. The minimum atomic E-state index is -1.04. The predicted molar refractivity (Wildman–Crippen MR) is 165 cm³/mol. The van der Waals surface area contributed by atoms with E-state index in [1.165, 1.54) is 18.3 Å². The number of nitrogens with zero attached hydrogens (tertiary/aromatic N) is 2. The van der Waals surface area contributed by atoms with Gasteiger partial charge in [-0.25, -0.2) is 4.98 Å². The molecule has 0 spiro atoms. The van der Waals surface area contributed by atoms with E-state index in [9.17, 15) is 19.2 Å². The third-order valence-electron chi connectivity index (χ3n) is 7.43. The molecule has 232 valence electrons. The third kappa shape index (κ3) is 11.5. The summed E-state index contributed by atoms with van der Waals surface area (Å²) in [5.74, 6) is -2.13. The third-order valence-corrected chi connectivity index (χ3v) is 7.65. The highest BCUT2D eigenvalue weighted by molar-refractivity contribution is 6.29. The van der Waals surface area contributed by atoms with E-state index in [-0.39, 0.29) is 42.0 Å². The summed E-state index contributed by atoms with van der Waals surface area (Å²) in [7, 11) is 0. The van der Waals surface area contributed by atoms with Crippen LogP contribution in [0.5, 0.6) is 0 Å². The van der Waals surface area contributed by atoms with Gasteiger partial charge in [0.1, 0.15) is 23.3 Å². The number of halogens is 1. The molecule has 1 aromatic heterocycles. The van der Waals surface area contributed by atoms with E-state index in [4.69, 9.17) is 28.8 Å². The molecule has 43 heavy (non-hydrogen) atoms. The Bertz CT molecular complexity index is 1250. The van der Waals surface area contributed by atoms with Crippen molar-refractivity contribution < 1.29 is 19.2 Å². The minimum absolute atomic E-state index is 0.0892. The lowest BCUT2D eigenvalue weighted by molar-refractivity contribution is -0.132. The second-order valence-electron chi connectivity index (χ2n) is 10.8. The zero-order valence-electron chi connectivity index (χ0n) is 24.1. The highest BCUT2D eigenvalue weighted by Gasteiger charge is 2.31. The van der Waals surface area contributed by atoms with E-state index in [1.54, 1.807) is 0 Å². The van der Waals surface area contributed by atoms with Crippen LogP contribution in [0.3, 0.4) is 0 Å². The summed E-state index contributed by atoms with van der Waals surface area (Å²) in [5, 5.41) is 8.56.